The summed E-state index contributed by atoms with van der Waals surface area (Å²) in [6.07, 6.45) is 0. The van der Waals surface area contributed by atoms with Crippen molar-refractivity contribution < 1.29 is 5.11 Å². The summed E-state index contributed by atoms with van der Waals surface area (Å²) >= 11 is 0. The fraction of sp³-hybridized carbons (Fsp3) is 0. The van der Waals surface area contributed by atoms with E-state index in [0.717, 1.165) is 27.2 Å². The van der Waals surface area contributed by atoms with E-state index in [1.165, 1.54) is 5.39 Å². The van der Waals surface area contributed by atoms with Crippen molar-refractivity contribution in [2.24, 2.45) is 0 Å². The van der Waals surface area contributed by atoms with E-state index in [1.807, 2.05) is 18.2 Å². The van der Waals surface area contributed by atoms with E-state index in [9.17, 15) is 5.11 Å². The second-order valence-electron chi connectivity index (χ2n) is 4.72. The molecule has 1 aromatic heterocycles. The van der Waals surface area contributed by atoms with Gasteiger partial charge < -0.3 is 5.11 Å². The largest absolute Gasteiger partial charge is 0.508 e. The number of nitrogens with zero attached hydrogens (tertiary/aromatic N) is 1. The molecule has 2 heteroatoms. The fourth-order valence-electron chi connectivity index (χ4n) is 2.55. The average molecular weight is 245 g/mol. The number of rotatable bonds is 0. The molecule has 1 N–H and O–H groups in total. The first-order valence-corrected chi connectivity index (χ1v) is 6.22. The van der Waals surface area contributed by atoms with Gasteiger partial charge in [-0.05, 0) is 23.6 Å². The molecule has 0 saturated carbocycles. The molecule has 0 atom stereocenters. The van der Waals surface area contributed by atoms with E-state index in [-0.39, 0.29) is 5.75 Å². The van der Waals surface area contributed by atoms with E-state index >= 15 is 0 Å². The molecular formula is C17H11NO. The van der Waals surface area contributed by atoms with Gasteiger partial charge in [-0.25, -0.2) is 4.98 Å². The Morgan fingerprint density at radius 3 is 2.47 bits per heavy atom. The predicted octanol–water partition coefficient (Wildman–Crippen LogP) is 4.25. The number of benzene rings is 3. The lowest BCUT2D eigenvalue weighted by Gasteiger charge is -2.05. The van der Waals surface area contributed by atoms with Crippen molar-refractivity contribution in [1.82, 2.24) is 4.98 Å². The normalized spacial score (nSPS) is 11.4. The molecule has 90 valence electrons. The monoisotopic (exact) mass is 245 g/mol. The zero-order chi connectivity index (χ0) is 12.8. The molecule has 3 aromatic carbocycles. The van der Waals surface area contributed by atoms with Gasteiger partial charge in [0.2, 0.25) is 0 Å². The van der Waals surface area contributed by atoms with E-state index in [4.69, 9.17) is 4.98 Å². The van der Waals surface area contributed by atoms with E-state index in [2.05, 4.69) is 30.3 Å². The highest BCUT2D eigenvalue weighted by atomic mass is 16.3. The van der Waals surface area contributed by atoms with Gasteiger partial charge in [-0.15, -0.1) is 0 Å². The van der Waals surface area contributed by atoms with Crippen LogP contribution in [-0.2, 0) is 0 Å². The molecule has 2 nitrogen and oxygen atoms in total. The van der Waals surface area contributed by atoms with Gasteiger partial charge in [0.05, 0.1) is 11.0 Å². The highest BCUT2D eigenvalue weighted by Crippen LogP contribution is 2.28. The van der Waals surface area contributed by atoms with Gasteiger partial charge in [0.25, 0.3) is 0 Å². The molecule has 0 spiro atoms. The third kappa shape index (κ3) is 1.54. The van der Waals surface area contributed by atoms with Crippen molar-refractivity contribution in [2.45, 2.75) is 0 Å². The third-order valence-corrected chi connectivity index (χ3v) is 3.49. The van der Waals surface area contributed by atoms with Gasteiger partial charge in [0, 0.05) is 22.2 Å². The summed E-state index contributed by atoms with van der Waals surface area (Å²) in [5, 5.41) is 14.1. The van der Waals surface area contributed by atoms with Crippen molar-refractivity contribution in [2.75, 3.05) is 0 Å². The molecule has 4 rings (SSSR count). The highest BCUT2D eigenvalue weighted by Gasteiger charge is 2.04. The second kappa shape index (κ2) is 3.69. The summed E-state index contributed by atoms with van der Waals surface area (Å²) < 4.78 is 0. The van der Waals surface area contributed by atoms with Gasteiger partial charge in [-0.3, -0.25) is 0 Å². The number of hydrogen-bond donors (Lipinski definition) is 1. The number of phenols is 1. The maximum absolute atomic E-state index is 9.58. The van der Waals surface area contributed by atoms with Crippen molar-refractivity contribution in [1.29, 1.82) is 0 Å². The standard InChI is InChI=1S/C17H11NO/c19-14-8-7-12-9-13-6-5-11-3-1-2-4-15(11)17(13)18-16(12)10-14/h1-10,19H. The lowest BCUT2D eigenvalue weighted by atomic mass is 10.0. The molecule has 19 heavy (non-hydrogen) atoms. The molecular weight excluding hydrogens is 234 g/mol. The van der Waals surface area contributed by atoms with Crippen LogP contribution in [0.15, 0.2) is 60.7 Å². The van der Waals surface area contributed by atoms with E-state index < -0.39 is 0 Å². The number of phenolic OH excluding ortho intramolecular Hbond substituents is 1. The Labute approximate surface area is 109 Å². The highest BCUT2D eigenvalue weighted by molar-refractivity contribution is 6.08. The van der Waals surface area contributed by atoms with Crippen LogP contribution in [0, 0.1) is 0 Å². The lowest BCUT2D eigenvalue weighted by Crippen LogP contribution is -1.84. The molecule has 0 radical (unpaired) electrons. The summed E-state index contributed by atoms with van der Waals surface area (Å²) in [6, 6.07) is 19.8. The van der Waals surface area contributed by atoms with Gasteiger partial charge in [-0.2, -0.15) is 0 Å². The summed E-state index contributed by atoms with van der Waals surface area (Å²) in [5.74, 6) is 0.250. The van der Waals surface area contributed by atoms with Crippen LogP contribution in [0.2, 0.25) is 0 Å². The number of aromatic hydroxyl groups is 1. The van der Waals surface area contributed by atoms with Crippen LogP contribution in [0.3, 0.4) is 0 Å². The Bertz CT molecular complexity index is 928. The van der Waals surface area contributed by atoms with E-state index in [0.29, 0.717) is 0 Å². The summed E-state index contributed by atoms with van der Waals surface area (Å²) in [7, 11) is 0. The van der Waals surface area contributed by atoms with Crippen LogP contribution < -0.4 is 0 Å². The number of aromatic nitrogens is 1. The minimum Gasteiger partial charge on any atom is -0.508 e. The van der Waals surface area contributed by atoms with Crippen LogP contribution >= 0.6 is 0 Å². The maximum atomic E-state index is 9.58. The first-order valence-electron chi connectivity index (χ1n) is 6.22. The zero-order valence-corrected chi connectivity index (χ0v) is 10.2. The van der Waals surface area contributed by atoms with Crippen LogP contribution in [0.1, 0.15) is 0 Å². The Hall–Kier alpha value is -2.61. The molecule has 0 bridgehead atoms. The van der Waals surface area contributed by atoms with Crippen LogP contribution in [0.4, 0.5) is 0 Å². The molecule has 0 amide bonds. The van der Waals surface area contributed by atoms with Gasteiger partial charge in [-0.1, -0.05) is 36.4 Å². The van der Waals surface area contributed by atoms with Crippen LogP contribution in [-0.4, -0.2) is 10.1 Å². The van der Waals surface area contributed by atoms with Gasteiger partial charge in [0.15, 0.2) is 0 Å². The molecule has 1 heterocycles. The second-order valence-corrected chi connectivity index (χ2v) is 4.72. The van der Waals surface area contributed by atoms with Crippen molar-refractivity contribution in [3.05, 3.63) is 60.7 Å². The predicted molar refractivity (Wildman–Crippen MR) is 78.4 cm³/mol. The lowest BCUT2D eigenvalue weighted by molar-refractivity contribution is 0.476. The summed E-state index contributed by atoms with van der Waals surface area (Å²) in [5.41, 5.74) is 1.81. The molecule has 0 aliphatic carbocycles. The molecule has 0 saturated heterocycles. The number of fused-ring (bicyclic) bond motifs is 4. The van der Waals surface area contributed by atoms with Gasteiger partial charge in [0.1, 0.15) is 5.75 Å². The average Bonchev–Trinajstić information content (AvgIpc) is 2.45. The quantitative estimate of drug-likeness (QED) is 0.371. The summed E-state index contributed by atoms with van der Waals surface area (Å²) in [4.78, 5) is 4.71. The van der Waals surface area contributed by atoms with Crippen molar-refractivity contribution >= 4 is 32.6 Å². The van der Waals surface area contributed by atoms with Crippen molar-refractivity contribution in [3.8, 4) is 5.75 Å². The number of hydrogen-bond acceptors (Lipinski definition) is 2. The van der Waals surface area contributed by atoms with Crippen molar-refractivity contribution in [3.63, 3.8) is 0 Å². The molecule has 4 aromatic rings. The number of pyridine rings is 1. The smallest absolute Gasteiger partial charge is 0.117 e. The maximum Gasteiger partial charge on any atom is 0.117 e. The van der Waals surface area contributed by atoms with Crippen LogP contribution in [0.25, 0.3) is 32.6 Å². The Balaban J connectivity index is 2.23. The van der Waals surface area contributed by atoms with Crippen LogP contribution in [0.5, 0.6) is 5.75 Å². The minimum absolute atomic E-state index is 0.250. The Kier molecular flexibility index (Phi) is 2.00. The fourth-order valence-corrected chi connectivity index (χ4v) is 2.55. The first-order chi connectivity index (χ1) is 9.31. The Morgan fingerprint density at radius 1 is 0.737 bits per heavy atom. The summed E-state index contributed by atoms with van der Waals surface area (Å²) in [6.45, 7) is 0. The SMILES string of the molecule is Oc1ccc2cc3ccc4ccccc4c3nc2c1. The minimum atomic E-state index is 0.250. The van der Waals surface area contributed by atoms with Gasteiger partial charge >= 0.3 is 0 Å². The molecule has 0 unspecified atom stereocenters. The molecule has 0 aliphatic rings. The first kappa shape index (κ1) is 10.3. The van der Waals surface area contributed by atoms with E-state index in [1.54, 1.807) is 12.1 Å². The zero-order valence-electron chi connectivity index (χ0n) is 10.2. The topological polar surface area (TPSA) is 33.1 Å². The Morgan fingerprint density at radius 2 is 1.53 bits per heavy atom. The molecule has 0 aliphatic heterocycles. The molecule has 0 fully saturated rings. The third-order valence-electron chi connectivity index (χ3n) is 3.49.